The normalized spacial score (nSPS) is 59.0. The fourth-order valence-electron chi connectivity index (χ4n) is 13.3. The van der Waals surface area contributed by atoms with Crippen LogP contribution in [-0.2, 0) is 28.4 Å². The number of rotatable bonds is 6. The van der Waals surface area contributed by atoms with Crippen molar-refractivity contribution < 1.29 is 64.2 Å². The lowest BCUT2D eigenvalue weighted by Crippen LogP contribution is -2.65. The maximum Gasteiger partial charge on any atom is 0.187 e. The van der Waals surface area contributed by atoms with Crippen molar-refractivity contribution in [1.29, 1.82) is 0 Å². The van der Waals surface area contributed by atoms with Crippen molar-refractivity contribution in [2.75, 3.05) is 19.8 Å². The van der Waals surface area contributed by atoms with E-state index in [1.807, 2.05) is 0 Å². The Kier molecular flexibility index (Phi) is 10.4. The van der Waals surface area contributed by atoms with E-state index in [1.165, 1.54) is 25.7 Å². The van der Waals surface area contributed by atoms with Gasteiger partial charge in [0.2, 0.25) is 0 Å². The van der Waals surface area contributed by atoms with Gasteiger partial charge in [0.15, 0.2) is 12.6 Å². The Balaban J connectivity index is 0.892. The molecule has 0 bridgehead atoms. The SMILES string of the molecule is CC1CCC2(CO1)OC1CC3C4CCC5CC(OC6OC(CO)C(OC7OC(CO)C(O)C(O)C7O)C(O)C6O)CCC5(C)C4CCC3(C)C1C2C. The van der Waals surface area contributed by atoms with Gasteiger partial charge in [-0.05, 0) is 117 Å². The van der Waals surface area contributed by atoms with Gasteiger partial charge in [-0.25, -0.2) is 0 Å². The van der Waals surface area contributed by atoms with Crippen molar-refractivity contribution >= 4 is 0 Å². The van der Waals surface area contributed by atoms with E-state index in [0.717, 1.165) is 45.1 Å². The summed E-state index contributed by atoms with van der Waals surface area (Å²) in [4.78, 5) is 0. The van der Waals surface area contributed by atoms with Crippen molar-refractivity contribution in [3.8, 4) is 0 Å². The second-order valence-electron chi connectivity index (χ2n) is 18.7. The molecule has 0 radical (unpaired) electrons. The highest BCUT2D eigenvalue weighted by atomic mass is 16.7. The highest BCUT2D eigenvalue weighted by molar-refractivity contribution is 5.17. The lowest BCUT2D eigenvalue weighted by molar-refractivity contribution is -0.364. The smallest absolute Gasteiger partial charge is 0.187 e. The van der Waals surface area contributed by atoms with Crippen LogP contribution in [0.2, 0.25) is 0 Å². The number of hydrogen-bond acceptors (Lipinski definition) is 13. The summed E-state index contributed by atoms with van der Waals surface area (Å²) in [6, 6.07) is 0. The van der Waals surface area contributed by atoms with Crippen molar-refractivity contribution in [2.24, 2.45) is 46.3 Å². The molecule has 4 heterocycles. The number of aliphatic hydroxyl groups excluding tert-OH is 7. The van der Waals surface area contributed by atoms with Crippen LogP contribution in [0.25, 0.3) is 0 Å². The summed E-state index contributed by atoms with van der Waals surface area (Å²) in [5.74, 6) is 3.60. The van der Waals surface area contributed by atoms with Crippen LogP contribution in [0.3, 0.4) is 0 Å². The molecule has 8 aliphatic rings. The Bertz CT molecular complexity index is 1260. The fraction of sp³-hybridized carbons (Fsp3) is 1.00. The highest BCUT2D eigenvalue weighted by Crippen LogP contribution is 2.71. The molecule has 13 heteroatoms. The minimum Gasteiger partial charge on any atom is -0.394 e. The molecule has 22 atom stereocenters. The van der Waals surface area contributed by atoms with Crippen molar-refractivity contribution in [2.45, 2.75) is 177 Å². The summed E-state index contributed by atoms with van der Waals surface area (Å²) < 4.78 is 36.8. The zero-order valence-electron chi connectivity index (χ0n) is 31.2. The van der Waals surface area contributed by atoms with E-state index in [1.54, 1.807) is 0 Å². The third kappa shape index (κ3) is 5.98. The lowest BCUT2D eigenvalue weighted by Gasteiger charge is -2.61. The standard InChI is InChI=1S/C39H64O13/c1-18-7-12-39(17-47-18)19(2)28-25(52-39)14-24-22-6-5-20-13-21(8-10-37(20,3)23(22)9-11-38(24,28)4)48-35-33(46)31(44)34(27(16-41)50-35)51-36-32(45)30(43)29(42)26(15-40)49-36/h18-36,40-46H,5-17H2,1-4H3. The molecule has 4 aliphatic heterocycles. The molecular weight excluding hydrogens is 676 g/mol. The summed E-state index contributed by atoms with van der Waals surface area (Å²) in [6.45, 7) is 9.23. The Morgan fingerprint density at radius 1 is 0.673 bits per heavy atom. The van der Waals surface area contributed by atoms with Crippen molar-refractivity contribution in [1.82, 2.24) is 0 Å². The molecule has 0 aromatic heterocycles. The second kappa shape index (κ2) is 14.1. The van der Waals surface area contributed by atoms with Crippen LogP contribution in [0, 0.1) is 46.3 Å². The van der Waals surface area contributed by atoms with E-state index >= 15 is 0 Å². The van der Waals surface area contributed by atoms with Gasteiger partial charge in [0.25, 0.3) is 0 Å². The Labute approximate surface area is 307 Å². The van der Waals surface area contributed by atoms with Gasteiger partial charge in [-0.2, -0.15) is 0 Å². The molecule has 0 aromatic rings. The molecule has 1 spiro atoms. The van der Waals surface area contributed by atoms with Gasteiger partial charge >= 0.3 is 0 Å². The van der Waals surface area contributed by atoms with Crippen LogP contribution in [0.5, 0.6) is 0 Å². The number of aliphatic hydroxyl groups is 7. The van der Waals surface area contributed by atoms with E-state index in [9.17, 15) is 35.7 Å². The predicted octanol–water partition coefficient (Wildman–Crippen LogP) is 1.24. The maximum atomic E-state index is 11.2. The van der Waals surface area contributed by atoms with Crippen molar-refractivity contribution in [3.63, 3.8) is 0 Å². The zero-order valence-corrected chi connectivity index (χ0v) is 31.2. The van der Waals surface area contributed by atoms with Crippen LogP contribution >= 0.6 is 0 Å². The molecule has 4 aliphatic carbocycles. The van der Waals surface area contributed by atoms with Gasteiger partial charge in [-0.1, -0.05) is 20.8 Å². The summed E-state index contributed by atoms with van der Waals surface area (Å²) in [5.41, 5.74) is 0.381. The first-order valence-electron chi connectivity index (χ1n) is 20.3. The topological polar surface area (TPSA) is 197 Å². The molecule has 0 amide bonds. The summed E-state index contributed by atoms with van der Waals surface area (Å²) >= 11 is 0. The summed E-state index contributed by atoms with van der Waals surface area (Å²) in [6.07, 6.45) is -3.22. The van der Waals surface area contributed by atoms with E-state index in [4.69, 9.17) is 28.4 Å². The molecule has 0 aromatic carbocycles. The quantitative estimate of drug-likeness (QED) is 0.192. The van der Waals surface area contributed by atoms with E-state index in [-0.39, 0.29) is 17.1 Å². The largest absolute Gasteiger partial charge is 0.394 e. The molecule has 4 saturated heterocycles. The molecule has 8 rings (SSSR count). The number of fused-ring (bicyclic) bond motifs is 7. The van der Waals surface area contributed by atoms with Gasteiger partial charge in [0.05, 0.1) is 43.7 Å². The first-order valence-corrected chi connectivity index (χ1v) is 20.3. The molecule has 298 valence electrons. The first kappa shape index (κ1) is 38.4. The molecule has 4 saturated carbocycles. The molecule has 13 nitrogen and oxygen atoms in total. The third-order valence-corrected chi connectivity index (χ3v) is 16.3. The predicted molar refractivity (Wildman–Crippen MR) is 183 cm³/mol. The molecule has 8 fully saturated rings. The Morgan fingerprint density at radius 2 is 1.37 bits per heavy atom. The van der Waals surface area contributed by atoms with E-state index in [2.05, 4.69) is 27.7 Å². The van der Waals surface area contributed by atoms with E-state index in [0.29, 0.717) is 53.1 Å². The fourth-order valence-corrected chi connectivity index (χ4v) is 13.3. The van der Waals surface area contributed by atoms with Crippen molar-refractivity contribution in [3.05, 3.63) is 0 Å². The molecule has 7 N–H and O–H groups in total. The average molecular weight is 741 g/mol. The molecule has 52 heavy (non-hydrogen) atoms. The summed E-state index contributed by atoms with van der Waals surface area (Å²) in [7, 11) is 0. The van der Waals surface area contributed by atoms with Crippen LogP contribution in [0.1, 0.15) is 91.9 Å². The Hall–Kier alpha value is -0.520. The highest BCUT2D eigenvalue weighted by Gasteiger charge is 2.69. The maximum absolute atomic E-state index is 11.2. The first-order chi connectivity index (χ1) is 24.7. The summed E-state index contributed by atoms with van der Waals surface area (Å²) in [5, 5.41) is 72.8. The number of hydrogen-bond donors (Lipinski definition) is 7. The minimum absolute atomic E-state index is 0.115. The molecule has 22 unspecified atom stereocenters. The Morgan fingerprint density at radius 3 is 2.08 bits per heavy atom. The second-order valence-corrected chi connectivity index (χ2v) is 18.7. The average Bonchev–Trinajstić information content (AvgIpc) is 3.58. The third-order valence-electron chi connectivity index (χ3n) is 16.3. The van der Waals surface area contributed by atoms with Crippen LogP contribution in [0.15, 0.2) is 0 Å². The van der Waals surface area contributed by atoms with Crippen LogP contribution in [0.4, 0.5) is 0 Å². The van der Waals surface area contributed by atoms with Gasteiger partial charge in [-0.15, -0.1) is 0 Å². The molecular formula is C39H64O13. The monoisotopic (exact) mass is 740 g/mol. The van der Waals surface area contributed by atoms with Gasteiger partial charge < -0.3 is 64.2 Å². The van der Waals surface area contributed by atoms with E-state index < -0.39 is 74.6 Å². The zero-order chi connectivity index (χ0) is 36.9. The van der Waals surface area contributed by atoms with Crippen LogP contribution < -0.4 is 0 Å². The lowest BCUT2D eigenvalue weighted by atomic mass is 9.44. The number of ether oxygens (including phenoxy) is 6. The van der Waals surface area contributed by atoms with Gasteiger partial charge in [0.1, 0.15) is 48.8 Å². The van der Waals surface area contributed by atoms with Gasteiger partial charge in [-0.3, -0.25) is 0 Å². The minimum atomic E-state index is -1.71. The van der Waals surface area contributed by atoms with Crippen LogP contribution in [-0.4, -0.2) is 141 Å². The van der Waals surface area contributed by atoms with Gasteiger partial charge in [0, 0.05) is 0 Å².